The van der Waals surface area contributed by atoms with Gasteiger partial charge < -0.3 is 10.6 Å². The topological polar surface area (TPSA) is 82.6 Å². The van der Waals surface area contributed by atoms with E-state index in [1.54, 1.807) is 6.07 Å². The van der Waals surface area contributed by atoms with Crippen molar-refractivity contribution in [3.8, 4) is 0 Å². The van der Waals surface area contributed by atoms with Gasteiger partial charge in [-0.15, -0.1) is 0 Å². The molecule has 0 unspecified atom stereocenters. The number of guanidine groups is 1. The summed E-state index contributed by atoms with van der Waals surface area (Å²) in [7, 11) is -1.87. The molecule has 2 aromatic rings. The standard InChI is InChI=1S/C20H27ClN4O2S/c1-3-23-20(24-11-10-16-6-5-9-19(21)13-16)25-14-17-7-4-8-18(12-17)15-28(26,27)22-2/h4-9,12-13,22H,3,10-11,14-15H2,1-2H3,(H2,23,24,25). The van der Waals surface area contributed by atoms with Crippen molar-refractivity contribution in [2.24, 2.45) is 4.99 Å². The summed E-state index contributed by atoms with van der Waals surface area (Å²) in [6.45, 7) is 3.95. The number of rotatable bonds is 9. The fourth-order valence-electron chi connectivity index (χ4n) is 2.64. The van der Waals surface area contributed by atoms with Crippen molar-refractivity contribution in [1.29, 1.82) is 0 Å². The summed E-state index contributed by atoms with van der Waals surface area (Å²) in [5.74, 6) is 0.678. The van der Waals surface area contributed by atoms with Gasteiger partial charge in [-0.1, -0.05) is 48.0 Å². The van der Waals surface area contributed by atoms with E-state index in [1.165, 1.54) is 7.05 Å². The lowest BCUT2D eigenvalue weighted by atomic mass is 10.1. The summed E-state index contributed by atoms with van der Waals surface area (Å²) in [6, 6.07) is 15.3. The summed E-state index contributed by atoms with van der Waals surface area (Å²) >= 11 is 6.02. The van der Waals surface area contributed by atoms with Crippen LogP contribution in [0.5, 0.6) is 0 Å². The fraction of sp³-hybridized carbons (Fsp3) is 0.350. The second kappa shape index (κ2) is 11.0. The van der Waals surface area contributed by atoms with E-state index in [-0.39, 0.29) is 5.75 Å². The van der Waals surface area contributed by atoms with Crippen molar-refractivity contribution in [3.05, 3.63) is 70.2 Å². The number of halogens is 1. The molecule has 0 aliphatic heterocycles. The summed E-state index contributed by atoms with van der Waals surface area (Å²) in [5.41, 5.74) is 2.85. The summed E-state index contributed by atoms with van der Waals surface area (Å²) in [6.07, 6.45) is 0.836. The third kappa shape index (κ3) is 7.88. The highest BCUT2D eigenvalue weighted by Crippen LogP contribution is 2.11. The van der Waals surface area contributed by atoms with Crippen LogP contribution >= 0.6 is 11.6 Å². The third-order valence-electron chi connectivity index (χ3n) is 4.02. The smallest absolute Gasteiger partial charge is 0.215 e. The molecule has 0 heterocycles. The minimum absolute atomic E-state index is 0.0427. The normalized spacial score (nSPS) is 12.0. The monoisotopic (exact) mass is 422 g/mol. The minimum atomic E-state index is -3.29. The SMILES string of the molecule is CCNC(=NCc1cccc(CS(=O)(=O)NC)c1)NCCc1cccc(Cl)c1. The van der Waals surface area contributed by atoms with Gasteiger partial charge in [0.15, 0.2) is 5.96 Å². The van der Waals surface area contributed by atoms with Gasteiger partial charge in [-0.25, -0.2) is 18.1 Å². The Hall–Kier alpha value is -2.09. The highest BCUT2D eigenvalue weighted by atomic mass is 35.5. The molecule has 3 N–H and O–H groups in total. The molecule has 2 rings (SSSR count). The first-order valence-corrected chi connectivity index (χ1v) is 11.2. The maximum Gasteiger partial charge on any atom is 0.215 e. The molecule has 0 atom stereocenters. The second-order valence-corrected chi connectivity index (χ2v) is 8.65. The summed E-state index contributed by atoms with van der Waals surface area (Å²) in [4.78, 5) is 4.59. The lowest BCUT2D eigenvalue weighted by molar-refractivity contribution is 0.587. The van der Waals surface area contributed by atoms with Crippen molar-refractivity contribution in [3.63, 3.8) is 0 Å². The van der Waals surface area contributed by atoms with Gasteiger partial charge >= 0.3 is 0 Å². The largest absolute Gasteiger partial charge is 0.357 e. The van der Waals surface area contributed by atoms with Crippen molar-refractivity contribution in [2.75, 3.05) is 20.1 Å². The lowest BCUT2D eigenvalue weighted by Gasteiger charge is -2.12. The van der Waals surface area contributed by atoms with Crippen molar-refractivity contribution < 1.29 is 8.42 Å². The molecule has 152 valence electrons. The Morgan fingerprint density at radius 3 is 2.46 bits per heavy atom. The van der Waals surface area contributed by atoms with E-state index in [0.717, 1.165) is 47.2 Å². The first-order valence-electron chi connectivity index (χ1n) is 9.17. The average molecular weight is 423 g/mol. The number of aliphatic imine (C=N–C) groups is 1. The molecular formula is C20H27ClN4O2S. The maximum atomic E-state index is 11.7. The van der Waals surface area contributed by atoms with E-state index in [1.807, 2.05) is 49.4 Å². The zero-order chi connectivity index (χ0) is 20.4. The molecule has 0 aliphatic carbocycles. The Bertz CT molecular complexity index is 901. The molecule has 28 heavy (non-hydrogen) atoms. The van der Waals surface area contributed by atoms with Crippen molar-refractivity contribution >= 4 is 27.6 Å². The summed E-state index contributed by atoms with van der Waals surface area (Å²) < 4.78 is 25.8. The van der Waals surface area contributed by atoms with Gasteiger partial charge in [0.2, 0.25) is 10.0 Å². The van der Waals surface area contributed by atoms with Gasteiger partial charge in [0.1, 0.15) is 0 Å². The molecule has 6 nitrogen and oxygen atoms in total. The van der Waals surface area contributed by atoms with Crippen LogP contribution in [0.3, 0.4) is 0 Å². The number of benzene rings is 2. The number of nitrogens with zero attached hydrogens (tertiary/aromatic N) is 1. The Balaban J connectivity index is 1.96. The van der Waals surface area contributed by atoms with Crippen LogP contribution in [-0.4, -0.2) is 34.5 Å². The predicted molar refractivity (Wildman–Crippen MR) is 116 cm³/mol. The molecule has 0 fully saturated rings. The van der Waals surface area contributed by atoms with Gasteiger partial charge in [0.25, 0.3) is 0 Å². The first-order chi connectivity index (χ1) is 13.4. The molecule has 0 aromatic heterocycles. The molecule has 0 amide bonds. The van der Waals surface area contributed by atoms with Crippen LogP contribution in [0.15, 0.2) is 53.5 Å². The van der Waals surface area contributed by atoms with E-state index >= 15 is 0 Å². The first kappa shape index (κ1) is 22.2. The molecule has 0 saturated carbocycles. The third-order valence-corrected chi connectivity index (χ3v) is 5.59. The number of hydrogen-bond acceptors (Lipinski definition) is 3. The fourth-order valence-corrected chi connectivity index (χ4v) is 3.61. The van der Waals surface area contributed by atoms with E-state index in [9.17, 15) is 8.42 Å². The molecule has 8 heteroatoms. The maximum absolute atomic E-state index is 11.7. The van der Waals surface area contributed by atoms with E-state index < -0.39 is 10.0 Å². The van der Waals surface area contributed by atoms with Crippen LogP contribution in [-0.2, 0) is 28.7 Å². The summed E-state index contributed by atoms with van der Waals surface area (Å²) in [5, 5.41) is 7.26. The number of hydrogen-bond donors (Lipinski definition) is 3. The average Bonchev–Trinajstić information content (AvgIpc) is 2.66. The van der Waals surface area contributed by atoms with E-state index in [2.05, 4.69) is 20.3 Å². The molecule has 0 radical (unpaired) electrons. The van der Waals surface area contributed by atoms with Gasteiger partial charge in [0, 0.05) is 18.1 Å². The highest BCUT2D eigenvalue weighted by molar-refractivity contribution is 7.88. The van der Waals surface area contributed by atoms with Crippen LogP contribution < -0.4 is 15.4 Å². The number of nitrogens with one attached hydrogen (secondary N) is 3. The molecule has 0 bridgehead atoms. The molecular weight excluding hydrogens is 396 g/mol. The van der Waals surface area contributed by atoms with Gasteiger partial charge in [0.05, 0.1) is 12.3 Å². The number of sulfonamides is 1. The Labute approximate surface area is 172 Å². The Kier molecular flexibility index (Phi) is 8.76. The van der Waals surface area contributed by atoms with Crippen molar-refractivity contribution in [2.45, 2.75) is 25.6 Å². The van der Waals surface area contributed by atoms with Crippen LogP contribution in [0, 0.1) is 0 Å². The zero-order valence-electron chi connectivity index (χ0n) is 16.2. The minimum Gasteiger partial charge on any atom is -0.357 e. The van der Waals surface area contributed by atoms with Gasteiger partial charge in [-0.2, -0.15) is 0 Å². The Morgan fingerprint density at radius 2 is 1.75 bits per heavy atom. The molecule has 0 saturated heterocycles. The van der Waals surface area contributed by atoms with Gasteiger partial charge in [-0.3, -0.25) is 0 Å². The Morgan fingerprint density at radius 1 is 1.04 bits per heavy atom. The van der Waals surface area contributed by atoms with E-state index in [4.69, 9.17) is 11.6 Å². The van der Waals surface area contributed by atoms with Gasteiger partial charge in [-0.05, 0) is 49.2 Å². The second-order valence-electron chi connectivity index (χ2n) is 6.29. The molecule has 0 spiro atoms. The van der Waals surface area contributed by atoms with Crippen LogP contribution in [0.25, 0.3) is 0 Å². The molecule has 2 aromatic carbocycles. The predicted octanol–water partition coefficient (Wildman–Crippen LogP) is 2.69. The lowest BCUT2D eigenvalue weighted by Crippen LogP contribution is -2.38. The van der Waals surface area contributed by atoms with Crippen LogP contribution in [0.1, 0.15) is 23.6 Å². The quantitative estimate of drug-likeness (QED) is 0.428. The van der Waals surface area contributed by atoms with E-state index in [0.29, 0.717) is 6.54 Å². The van der Waals surface area contributed by atoms with Crippen LogP contribution in [0.2, 0.25) is 5.02 Å². The zero-order valence-corrected chi connectivity index (χ0v) is 17.8. The van der Waals surface area contributed by atoms with Crippen LogP contribution in [0.4, 0.5) is 0 Å². The highest BCUT2D eigenvalue weighted by Gasteiger charge is 2.08. The molecule has 0 aliphatic rings. The van der Waals surface area contributed by atoms with Crippen molar-refractivity contribution in [1.82, 2.24) is 15.4 Å².